The molecule has 138 valence electrons. The lowest BCUT2D eigenvalue weighted by Crippen LogP contribution is -2.61. The molecule has 2 atom stereocenters. The summed E-state index contributed by atoms with van der Waals surface area (Å²) in [6.07, 6.45) is 0.869. The Bertz CT molecular complexity index is 719. The minimum Gasteiger partial charge on any atom is -0.508 e. The molecular weight excluding hydrogens is 344 g/mol. The van der Waals surface area contributed by atoms with E-state index in [1.165, 1.54) is 0 Å². The molecule has 0 bridgehead atoms. The number of sulfone groups is 1. The second kappa shape index (κ2) is 7.31. The van der Waals surface area contributed by atoms with Crippen LogP contribution in [0.1, 0.15) is 12.0 Å². The summed E-state index contributed by atoms with van der Waals surface area (Å²) in [6.45, 7) is 1.50. The number of aliphatic hydroxyl groups excluding tert-OH is 1. The highest BCUT2D eigenvalue weighted by Gasteiger charge is 2.47. The van der Waals surface area contributed by atoms with E-state index in [4.69, 9.17) is 0 Å². The Balaban J connectivity index is 1.67. The van der Waals surface area contributed by atoms with E-state index in [0.29, 0.717) is 32.5 Å². The quantitative estimate of drug-likeness (QED) is 0.736. The number of benzene rings is 1. The number of aryl methyl sites for hydroxylation is 1. The topological polar surface area (TPSA) is 98.2 Å². The van der Waals surface area contributed by atoms with E-state index in [-0.39, 0.29) is 41.9 Å². The second-order valence-corrected chi connectivity index (χ2v) is 8.88. The van der Waals surface area contributed by atoms with Crippen molar-refractivity contribution in [1.82, 2.24) is 9.80 Å². The first-order valence-corrected chi connectivity index (χ1v) is 10.3. The van der Waals surface area contributed by atoms with Gasteiger partial charge in [0.15, 0.2) is 9.84 Å². The standard InChI is InChI=1S/C17H24N2O5S/c20-10-9-18-7-8-19(16-12-25(23,24)11-15(16)18)17(22)6-3-13-1-4-14(21)5-2-13/h1-2,4-5,15-16,20-21H,3,6-12H2. The van der Waals surface area contributed by atoms with Gasteiger partial charge in [-0.15, -0.1) is 0 Å². The number of rotatable bonds is 5. The first-order valence-electron chi connectivity index (χ1n) is 8.52. The Morgan fingerprint density at radius 1 is 1.12 bits per heavy atom. The molecule has 7 nitrogen and oxygen atoms in total. The van der Waals surface area contributed by atoms with E-state index in [0.717, 1.165) is 5.56 Å². The molecule has 2 N–H and O–H groups in total. The Hall–Kier alpha value is -1.64. The summed E-state index contributed by atoms with van der Waals surface area (Å²) < 4.78 is 24.2. The molecule has 1 amide bonds. The number of amides is 1. The maximum Gasteiger partial charge on any atom is 0.223 e. The molecule has 2 saturated heterocycles. The number of aliphatic hydroxyl groups is 1. The molecule has 2 unspecified atom stereocenters. The molecule has 2 heterocycles. The number of carbonyl (C=O) groups is 1. The molecule has 1 aromatic rings. The smallest absolute Gasteiger partial charge is 0.223 e. The lowest BCUT2D eigenvalue weighted by Gasteiger charge is -2.43. The van der Waals surface area contributed by atoms with Crippen LogP contribution in [0.25, 0.3) is 0 Å². The van der Waals surface area contributed by atoms with E-state index >= 15 is 0 Å². The highest BCUT2D eigenvalue weighted by atomic mass is 32.2. The maximum absolute atomic E-state index is 12.7. The van der Waals surface area contributed by atoms with Crippen molar-refractivity contribution in [1.29, 1.82) is 0 Å². The van der Waals surface area contributed by atoms with Gasteiger partial charge in [0.25, 0.3) is 0 Å². The number of carbonyl (C=O) groups excluding carboxylic acids is 1. The number of phenols is 1. The summed E-state index contributed by atoms with van der Waals surface area (Å²) in [5.74, 6) is 0.210. The van der Waals surface area contributed by atoms with Gasteiger partial charge in [0.1, 0.15) is 5.75 Å². The number of piperazine rings is 1. The molecule has 3 rings (SSSR count). The number of fused-ring (bicyclic) bond motifs is 1. The van der Waals surface area contributed by atoms with Gasteiger partial charge in [-0.25, -0.2) is 8.42 Å². The maximum atomic E-state index is 12.7. The van der Waals surface area contributed by atoms with Gasteiger partial charge in [-0.05, 0) is 24.1 Å². The summed E-state index contributed by atoms with van der Waals surface area (Å²) in [5, 5.41) is 18.5. The molecule has 0 radical (unpaired) electrons. The van der Waals surface area contributed by atoms with Crippen LogP contribution in [0.5, 0.6) is 5.75 Å². The van der Waals surface area contributed by atoms with Crippen LogP contribution in [0, 0.1) is 0 Å². The minimum absolute atomic E-state index is 0.00451. The summed E-state index contributed by atoms with van der Waals surface area (Å²) in [6, 6.07) is 6.20. The van der Waals surface area contributed by atoms with Crippen LogP contribution in [0.3, 0.4) is 0 Å². The second-order valence-electron chi connectivity index (χ2n) is 6.72. The van der Waals surface area contributed by atoms with Crippen LogP contribution in [0.15, 0.2) is 24.3 Å². The lowest BCUT2D eigenvalue weighted by atomic mass is 10.0. The minimum atomic E-state index is -3.16. The Morgan fingerprint density at radius 2 is 1.80 bits per heavy atom. The number of hydrogen-bond acceptors (Lipinski definition) is 6. The number of β-amino-alcohol motifs (C(OH)–C–C–N with tert-alkyl or cyclic N) is 1. The van der Waals surface area contributed by atoms with Crippen molar-refractivity contribution in [3.8, 4) is 5.75 Å². The van der Waals surface area contributed by atoms with Crippen molar-refractivity contribution in [3.63, 3.8) is 0 Å². The SMILES string of the molecule is O=C(CCc1ccc(O)cc1)N1CCN(CCO)C2CS(=O)(=O)CC21. The normalized spacial score (nSPS) is 25.7. The molecule has 1 aromatic carbocycles. The number of aromatic hydroxyl groups is 1. The van der Waals surface area contributed by atoms with Crippen LogP contribution in [0.4, 0.5) is 0 Å². The fourth-order valence-corrected chi connectivity index (χ4v) is 5.81. The van der Waals surface area contributed by atoms with Crippen molar-refractivity contribution in [3.05, 3.63) is 29.8 Å². The zero-order valence-corrected chi connectivity index (χ0v) is 14.9. The van der Waals surface area contributed by atoms with Gasteiger partial charge in [-0.1, -0.05) is 12.1 Å². The molecule has 2 aliphatic heterocycles. The van der Waals surface area contributed by atoms with Gasteiger partial charge >= 0.3 is 0 Å². The predicted molar refractivity (Wildman–Crippen MR) is 93.0 cm³/mol. The van der Waals surface area contributed by atoms with Gasteiger partial charge in [-0.2, -0.15) is 0 Å². The van der Waals surface area contributed by atoms with Crippen molar-refractivity contribution >= 4 is 15.7 Å². The monoisotopic (exact) mass is 368 g/mol. The third-order valence-corrected chi connectivity index (χ3v) is 6.76. The summed E-state index contributed by atoms with van der Waals surface area (Å²) in [5.41, 5.74) is 0.959. The fraction of sp³-hybridized carbons (Fsp3) is 0.588. The number of phenolic OH excluding ortho intramolecular Hbond substituents is 1. The van der Waals surface area contributed by atoms with Gasteiger partial charge < -0.3 is 15.1 Å². The van der Waals surface area contributed by atoms with E-state index in [2.05, 4.69) is 0 Å². The zero-order chi connectivity index (χ0) is 18.0. The van der Waals surface area contributed by atoms with E-state index in [1.807, 2.05) is 4.90 Å². The van der Waals surface area contributed by atoms with Crippen molar-refractivity contribution in [2.75, 3.05) is 37.7 Å². The first-order chi connectivity index (χ1) is 11.9. The van der Waals surface area contributed by atoms with E-state index in [1.54, 1.807) is 29.2 Å². The largest absolute Gasteiger partial charge is 0.508 e. The summed E-state index contributed by atoms with van der Waals surface area (Å²) in [4.78, 5) is 16.4. The van der Waals surface area contributed by atoms with Crippen molar-refractivity contribution in [2.45, 2.75) is 24.9 Å². The van der Waals surface area contributed by atoms with E-state index in [9.17, 15) is 23.4 Å². The number of nitrogens with zero attached hydrogens (tertiary/aromatic N) is 2. The van der Waals surface area contributed by atoms with Crippen LogP contribution < -0.4 is 0 Å². The summed E-state index contributed by atoms with van der Waals surface area (Å²) in [7, 11) is -3.16. The Labute approximate surface area is 147 Å². The van der Waals surface area contributed by atoms with Crippen LogP contribution in [-0.4, -0.2) is 84.2 Å². The highest BCUT2D eigenvalue weighted by molar-refractivity contribution is 7.91. The van der Waals surface area contributed by atoms with Gasteiger partial charge in [0, 0.05) is 32.1 Å². The van der Waals surface area contributed by atoms with Crippen molar-refractivity contribution < 1.29 is 23.4 Å². The zero-order valence-electron chi connectivity index (χ0n) is 14.0. The molecule has 0 saturated carbocycles. The lowest BCUT2D eigenvalue weighted by molar-refractivity contribution is -0.137. The van der Waals surface area contributed by atoms with Gasteiger partial charge in [0.2, 0.25) is 5.91 Å². The molecule has 8 heteroatoms. The van der Waals surface area contributed by atoms with Gasteiger partial charge in [-0.3, -0.25) is 9.69 Å². The van der Waals surface area contributed by atoms with Crippen LogP contribution >= 0.6 is 0 Å². The highest BCUT2D eigenvalue weighted by Crippen LogP contribution is 2.27. The van der Waals surface area contributed by atoms with E-state index < -0.39 is 9.84 Å². The molecule has 0 spiro atoms. The average molecular weight is 368 g/mol. The average Bonchev–Trinajstić information content (AvgIpc) is 2.90. The Morgan fingerprint density at radius 3 is 2.48 bits per heavy atom. The predicted octanol–water partition coefficient (Wildman–Crippen LogP) is -0.373. The Kier molecular flexibility index (Phi) is 5.31. The summed E-state index contributed by atoms with van der Waals surface area (Å²) >= 11 is 0. The molecule has 25 heavy (non-hydrogen) atoms. The molecule has 2 fully saturated rings. The van der Waals surface area contributed by atoms with Gasteiger partial charge in [0.05, 0.1) is 24.2 Å². The third-order valence-electron chi connectivity index (χ3n) is 5.06. The van der Waals surface area contributed by atoms with Crippen LogP contribution in [0.2, 0.25) is 0 Å². The van der Waals surface area contributed by atoms with Crippen molar-refractivity contribution in [2.24, 2.45) is 0 Å². The molecule has 0 aromatic heterocycles. The number of hydrogen-bond donors (Lipinski definition) is 2. The molecule has 0 aliphatic carbocycles. The first kappa shape index (κ1) is 18.2. The van der Waals surface area contributed by atoms with Crippen LogP contribution in [-0.2, 0) is 21.1 Å². The molecular formula is C17H24N2O5S. The fourth-order valence-electron chi connectivity index (χ4n) is 3.80. The third kappa shape index (κ3) is 4.13. The molecule has 2 aliphatic rings.